The van der Waals surface area contributed by atoms with Gasteiger partial charge in [0.2, 0.25) is 0 Å². The minimum Gasteiger partial charge on any atom is -0.292 e. The molecule has 0 saturated heterocycles. The average molecular weight is 744 g/mol. The highest BCUT2D eigenvalue weighted by atomic mass is 15.1. The van der Waals surface area contributed by atoms with Crippen LogP contribution in [-0.2, 0) is 0 Å². The van der Waals surface area contributed by atoms with Gasteiger partial charge in [0.1, 0.15) is 11.6 Å². The lowest BCUT2D eigenvalue weighted by Gasteiger charge is -2.16. The average Bonchev–Trinajstić information content (AvgIpc) is 3.89. The topological polar surface area (TPSA) is 74.3 Å². The monoisotopic (exact) mass is 743 g/mol. The second-order valence-electron chi connectivity index (χ2n) is 14.1. The molecule has 8 aromatic carbocycles. The Morgan fingerprint density at radius 3 is 1.34 bits per heavy atom. The molecule has 0 amide bonds. The van der Waals surface area contributed by atoms with Crippen molar-refractivity contribution in [3.05, 3.63) is 200 Å². The number of hydrogen-bond acceptors (Lipinski definition) is 5. The van der Waals surface area contributed by atoms with E-state index in [1.807, 2.05) is 66.7 Å². The van der Waals surface area contributed by atoms with Crippen LogP contribution in [0.5, 0.6) is 0 Å². The van der Waals surface area contributed by atoms with Crippen molar-refractivity contribution in [1.82, 2.24) is 34.1 Å². The third kappa shape index (κ3) is 5.72. The van der Waals surface area contributed by atoms with E-state index in [2.05, 4.69) is 143 Å². The highest BCUT2D eigenvalue weighted by Gasteiger charge is 2.20. The minimum absolute atomic E-state index is 0.592. The van der Waals surface area contributed by atoms with Crippen LogP contribution in [0.25, 0.3) is 101 Å². The van der Waals surface area contributed by atoms with Crippen molar-refractivity contribution in [3.8, 4) is 68.3 Å². The first-order valence-electron chi connectivity index (χ1n) is 19.3. The summed E-state index contributed by atoms with van der Waals surface area (Å²) in [7, 11) is 0. The van der Waals surface area contributed by atoms with Crippen molar-refractivity contribution in [1.29, 1.82) is 0 Å². The Hall–Kier alpha value is -8.03. The van der Waals surface area contributed by atoms with Gasteiger partial charge in [-0.1, -0.05) is 140 Å². The third-order valence-corrected chi connectivity index (χ3v) is 10.6. The Morgan fingerprint density at radius 1 is 0.293 bits per heavy atom. The number of rotatable bonds is 7. The summed E-state index contributed by atoms with van der Waals surface area (Å²) in [5, 5.41) is 2.10. The van der Waals surface area contributed by atoms with Crippen molar-refractivity contribution >= 4 is 32.8 Å². The molecular weight excluding hydrogens is 711 g/mol. The maximum atomic E-state index is 5.20. The van der Waals surface area contributed by atoms with Crippen molar-refractivity contribution in [2.24, 2.45) is 0 Å². The third-order valence-electron chi connectivity index (χ3n) is 10.6. The summed E-state index contributed by atoms with van der Waals surface area (Å²) in [6.07, 6.45) is 0. The standard InChI is InChI=1S/C51H33N7/c1-4-16-34(17-5-1)47-54-48(35-28-30-38(31-29-35)57-45-26-14-12-24-42(45)52-50(57)36-18-6-2-7-19-36)56-49(55-47)41-32-33-44(40-23-11-10-22-39(40)41)58-46-27-15-13-25-43(46)53-51(58)37-20-8-3-9-21-37/h1-33H. The summed E-state index contributed by atoms with van der Waals surface area (Å²) >= 11 is 0. The maximum Gasteiger partial charge on any atom is 0.164 e. The first kappa shape index (κ1) is 33.3. The number of para-hydroxylation sites is 4. The van der Waals surface area contributed by atoms with E-state index in [0.717, 1.165) is 83.7 Å². The summed E-state index contributed by atoms with van der Waals surface area (Å²) in [6, 6.07) is 68.5. The molecule has 0 spiro atoms. The second-order valence-corrected chi connectivity index (χ2v) is 14.1. The molecule has 0 radical (unpaired) electrons. The zero-order valence-corrected chi connectivity index (χ0v) is 31.2. The van der Waals surface area contributed by atoms with Crippen molar-refractivity contribution in [2.75, 3.05) is 0 Å². The van der Waals surface area contributed by atoms with Crippen LogP contribution in [0.3, 0.4) is 0 Å². The smallest absolute Gasteiger partial charge is 0.164 e. The molecule has 0 aliphatic rings. The van der Waals surface area contributed by atoms with Crippen LogP contribution in [-0.4, -0.2) is 34.1 Å². The van der Waals surface area contributed by atoms with Gasteiger partial charge in [-0.05, 0) is 66.0 Å². The summed E-state index contributed by atoms with van der Waals surface area (Å²) in [5.74, 6) is 3.57. The van der Waals surface area contributed by atoms with Gasteiger partial charge < -0.3 is 0 Å². The van der Waals surface area contributed by atoms with E-state index in [-0.39, 0.29) is 0 Å². The predicted octanol–water partition coefficient (Wildman–Crippen LogP) is 12.0. The number of aromatic nitrogens is 7. The van der Waals surface area contributed by atoms with E-state index >= 15 is 0 Å². The highest BCUT2D eigenvalue weighted by molar-refractivity contribution is 6.02. The van der Waals surface area contributed by atoms with Crippen molar-refractivity contribution in [3.63, 3.8) is 0 Å². The number of nitrogens with zero attached hydrogens (tertiary/aromatic N) is 7. The zero-order valence-electron chi connectivity index (χ0n) is 31.2. The number of imidazole rings is 2. The number of fused-ring (bicyclic) bond motifs is 3. The molecule has 11 rings (SSSR count). The molecule has 0 aliphatic heterocycles. The van der Waals surface area contributed by atoms with E-state index in [0.29, 0.717) is 17.5 Å². The fourth-order valence-electron chi connectivity index (χ4n) is 7.89. The molecule has 0 fully saturated rings. The number of benzene rings is 8. The second kappa shape index (κ2) is 13.9. The van der Waals surface area contributed by atoms with Gasteiger partial charge in [-0.3, -0.25) is 9.13 Å². The molecule has 0 bridgehead atoms. The normalized spacial score (nSPS) is 11.4. The highest BCUT2D eigenvalue weighted by Crippen LogP contribution is 2.37. The van der Waals surface area contributed by atoms with Crippen molar-refractivity contribution in [2.45, 2.75) is 0 Å². The van der Waals surface area contributed by atoms with Gasteiger partial charge >= 0.3 is 0 Å². The molecule has 0 saturated carbocycles. The van der Waals surface area contributed by atoms with Crippen LogP contribution in [0.2, 0.25) is 0 Å². The van der Waals surface area contributed by atoms with Crippen LogP contribution < -0.4 is 0 Å². The summed E-state index contributed by atoms with van der Waals surface area (Å²) < 4.78 is 4.47. The Labute approximate surface area is 334 Å². The van der Waals surface area contributed by atoms with Crippen molar-refractivity contribution < 1.29 is 0 Å². The first-order chi connectivity index (χ1) is 28.8. The molecule has 0 atom stereocenters. The Kier molecular flexibility index (Phi) is 8.00. The molecule has 3 heterocycles. The van der Waals surface area contributed by atoms with E-state index in [9.17, 15) is 0 Å². The molecule has 7 heteroatoms. The van der Waals surface area contributed by atoms with Crippen LogP contribution in [0.1, 0.15) is 0 Å². The fraction of sp³-hybridized carbons (Fsp3) is 0. The minimum atomic E-state index is 0.592. The largest absolute Gasteiger partial charge is 0.292 e. The van der Waals surface area contributed by atoms with Gasteiger partial charge in [-0.25, -0.2) is 24.9 Å². The lowest BCUT2D eigenvalue weighted by Crippen LogP contribution is -2.03. The summed E-state index contributed by atoms with van der Waals surface area (Å²) in [4.78, 5) is 25.6. The van der Waals surface area contributed by atoms with Gasteiger partial charge in [-0.15, -0.1) is 0 Å². The predicted molar refractivity (Wildman–Crippen MR) is 234 cm³/mol. The molecular formula is C51H33N7. The Morgan fingerprint density at radius 2 is 0.741 bits per heavy atom. The van der Waals surface area contributed by atoms with Crippen LogP contribution in [0.15, 0.2) is 200 Å². The van der Waals surface area contributed by atoms with E-state index < -0.39 is 0 Å². The van der Waals surface area contributed by atoms with Gasteiger partial charge in [-0.2, -0.15) is 0 Å². The summed E-state index contributed by atoms with van der Waals surface area (Å²) in [5.41, 5.74) is 10.8. The van der Waals surface area contributed by atoms with E-state index in [4.69, 9.17) is 24.9 Å². The Bertz CT molecular complexity index is 3260. The summed E-state index contributed by atoms with van der Waals surface area (Å²) in [6.45, 7) is 0. The van der Waals surface area contributed by atoms with E-state index in [1.54, 1.807) is 0 Å². The van der Waals surface area contributed by atoms with Crippen LogP contribution >= 0.6 is 0 Å². The SMILES string of the molecule is c1ccc(-c2nc(-c3ccc(-n4c(-c5ccccc5)nc5ccccc54)cc3)nc(-c3ccc(-n4c(-c5ccccc5)nc5ccccc54)c4ccccc34)n2)cc1. The van der Waals surface area contributed by atoms with Gasteiger partial charge in [0.05, 0.1) is 27.8 Å². The maximum absolute atomic E-state index is 5.20. The molecule has 11 aromatic rings. The molecule has 58 heavy (non-hydrogen) atoms. The quantitative estimate of drug-likeness (QED) is 0.162. The van der Waals surface area contributed by atoms with Crippen LogP contribution in [0, 0.1) is 0 Å². The van der Waals surface area contributed by atoms with Gasteiger partial charge in [0.15, 0.2) is 17.5 Å². The molecule has 0 aliphatic carbocycles. The van der Waals surface area contributed by atoms with E-state index in [1.165, 1.54) is 0 Å². The molecule has 0 N–H and O–H groups in total. The number of hydrogen-bond donors (Lipinski definition) is 0. The van der Waals surface area contributed by atoms with Gasteiger partial charge in [0.25, 0.3) is 0 Å². The van der Waals surface area contributed by atoms with Crippen LogP contribution in [0.4, 0.5) is 0 Å². The fourth-order valence-corrected chi connectivity index (χ4v) is 7.89. The lowest BCUT2D eigenvalue weighted by atomic mass is 10.0. The Balaban J connectivity index is 1.07. The van der Waals surface area contributed by atoms with Gasteiger partial charge in [0, 0.05) is 38.9 Å². The molecule has 272 valence electrons. The molecule has 7 nitrogen and oxygen atoms in total. The molecule has 0 unspecified atom stereocenters. The lowest BCUT2D eigenvalue weighted by molar-refractivity contribution is 1.07. The first-order valence-corrected chi connectivity index (χ1v) is 19.3. The molecule has 3 aromatic heterocycles. The zero-order chi connectivity index (χ0) is 38.4.